The smallest absolute Gasteiger partial charge is 0.223 e. The van der Waals surface area contributed by atoms with Crippen molar-refractivity contribution >= 4 is 5.91 Å². The molecule has 2 atom stereocenters. The molecular weight excluding hydrogens is 162 g/mol. The number of rotatable bonds is 0. The molecule has 0 radical (unpaired) electrons. The van der Waals surface area contributed by atoms with Gasteiger partial charge in [0.2, 0.25) is 5.91 Å². The second-order valence-corrected chi connectivity index (χ2v) is 5.13. The maximum Gasteiger partial charge on any atom is 0.223 e. The SMILES string of the molecule is CC1CC(=O)N(C)C(C)(C)CC1C. The first-order chi connectivity index (χ1) is 5.84. The van der Waals surface area contributed by atoms with Crippen LogP contribution in [0.5, 0.6) is 0 Å². The Morgan fingerprint density at radius 1 is 1.31 bits per heavy atom. The summed E-state index contributed by atoms with van der Waals surface area (Å²) in [4.78, 5) is 13.6. The molecule has 0 aromatic rings. The zero-order chi connectivity index (χ0) is 10.2. The minimum absolute atomic E-state index is 0.0290. The maximum absolute atomic E-state index is 11.7. The third-order valence-corrected chi connectivity index (χ3v) is 3.57. The van der Waals surface area contributed by atoms with Gasteiger partial charge in [0.15, 0.2) is 0 Å². The van der Waals surface area contributed by atoms with Crippen molar-refractivity contribution in [1.82, 2.24) is 4.90 Å². The van der Waals surface area contributed by atoms with Crippen LogP contribution in [-0.4, -0.2) is 23.4 Å². The van der Waals surface area contributed by atoms with E-state index < -0.39 is 0 Å². The van der Waals surface area contributed by atoms with Gasteiger partial charge in [-0.3, -0.25) is 4.79 Å². The molecule has 1 aliphatic heterocycles. The highest BCUT2D eigenvalue weighted by Gasteiger charge is 2.35. The third kappa shape index (κ3) is 2.04. The predicted octanol–water partition coefficient (Wildman–Crippen LogP) is 2.29. The lowest BCUT2D eigenvalue weighted by atomic mass is 9.85. The fraction of sp³-hybridized carbons (Fsp3) is 0.909. The number of nitrogens with zero attached hydrogens (tertiary/aromatic N) is 1. The van der Waals surface area contributed by atoms with Crippen LogP contribution in [-0.2, 0) is 4.79 Å². The topological polar surface area (TPSA) is 20.3 Å². The maximum atomic E-state index is 11.7. The number of hydrogen-bond acceptors (Lipinski definition) is 1. The van der Waals surface area contributed by atoms with Gasteiger partial charge in [-0.25, -0.2) is 0 Å². The molecule has 1 rings (SSSR count). The molecule has 0 aromatic heterocycles. The first-order valence-electron chi connectivity index (χ1n) is 5.11. The van der Waals surface area contributed by atoms with E-state index in [2.05, 4.69) is 27.7 Å². The monoisotopic (exact) mass is 183 g/mol. The lowest BCUT2D eigenvalue weighted by Crippen LogP contribution is -2.43. The molecule has 2 nitrogen and oxygen atoms in total. The van der Waals surface area contributed by atoms with Crippen LogP contribution >= 0.6 is 0 Å². The van der Waals surface area contributed by atoms with Crippen molar-refractivity contribution in [2.45, 2.75) is 46.1 Å². The molecule has 0 spiro atoms. The first kappa shape index (κ1) is 10.6. The van der Waals surface area contributed by atoms with Crippen molar-refractivity contribution in [3.8, 4) is 0 Å². The van der Waals surface area contributed by atoms with E-state index in [4.69, 9.17) is 0 Å². The molecule has 0 aromatic carbocycles. The van der Waals surface area contributed by atoms with E-state index >= 15 is 0 Å². The number of hydrogen-bond donors (Lipinski definition) is 0. The van der Waals surface area contributed by atoms with Gasteiger partial charge in [0, 0.05) is 19.0 Å². The quantitative estimate of drug-likeness (QED) is 0.564. The highest BCUT2D eigenvalue weighted by Crippen LogP contribution is 2.32. The van der Waals surface area contributed by atoms with E-state index in [0.29, 0.717) is 24.2 Å². The summed E-state index contributed by atoms with van der Waals surface area (Å²) >= 11 is 0. The Bertz CT molecular complexity index is 210. The molecule has 76 valence electrons. The van der Waals surface area contributed by atoms with Gasteiger partial charge < -0.3 is 4.90 Å². The largest absolute Gasteiger partial charge is 0.341 e. The highest BCUT2D eigenvalue weighted by molar-refractivity contribution is 5.77. The Morgan fingerprint density at radius 2 is 1.85 bits per heavy atom. The van der Waals surface area contributed by atoms with E-state index in [1.807, 2.05) is 11.9 Å². The molecule has 13 heavy (non-hydrogen) atoms. The van der Waals surface area contributed by atoms with Gasteiger partial charge >= 0.3 is 0 Å². The zero-order valence-corrected chi connectivity index (χ0v) is 9.42. The summed E-state index contributed by atoms with van der Waals surface area (Å²) in [6, 6.07) is 0. The van der Waals surface area contributed by atoms with Crippen molar-refractivity contribution in [3.05, 3.63) is 0 Å². The Kier molecular flexibility index (Phi) is 2.69. The van der Waals surface area contributed by atoms with Gasteiger partial charge in [0.05, 0.1) is 0 Å². The number of carbonyl (C=O) groups is 1. The van der Waals surface area contributed by atoms with E-state index in [0.717, 1.165) is 6.42 Å². The molecular formula is C11H21NO. The Balaban J connectivity index is 2.87. The summed E-state index contributed by atoms with van der Waals surface area (Å²) in [6.45, 7) is 8.73. The molecule has 1 amide bonds. The van der Waals surface area contributed by atoms with Crippen LogP contribution in [0.2, 0.25) is 0 Å². The molecule has 1 fully saturated rings. The van der Waals surface area contributed by atoms with Gasteiger partial charge in [0.1, 0.15) is 0 Å². The summed E-state index contributed by atoms with van der Waals surface area (Å²) < 4.78 is 0. The average Bonchev–Trinajstić information content (AvgIpc) is 2.05. The van der Waals surface area contributed by atoms with Gasteiger partial charge in [0.25, 0.3) is 0 Å². The van der Waals surface area contributed by atoms with Crippen molar-refractivity contribution in [3.63, 3.8) is 0 Å². The van der Waals surface area contributed by atoms with Crippen LogP contribution in [0.4, 0.5) is 0 Å². The molecule has 2 unspecified atom stereocenters. The van der Waals surface area contributed by atoms with E-state index in [-0.39, 0.29) is 5.54 Å². The molecule has 0 aliphatic carbocycles. The van der Waals surface area contributed by atoms with Crippen LogP contribution in [0, 0.1) is 11.8 Å². The Morgan fingerprint density at radius 3 is 2.38 bits per heavy atom. The van der Waals surface area contributed by atoms with Crippen LogP contribution in [0.15, 0.2) is 0 Å². The lowest BCUT2D eigenvalue weighted by molar-refractivity contribution is -0.134. The number of likely N-dealkylation sites (tertiary alicyclic amines) is 1. The molecule has 1 saturated heterocycles. The van der Waals surface area contributed by atoms with Crippen LogP contribution < -0.4 is 0 Å². The second-order valence-electron chi connectivity index (χ2n) is 5.13. The second kappa shape index (κ2) is 3.32. The summed E-state index contributed by atoms with van der Waals surface area (Å²) in [7, 11) is 1.92. The first-order valence-corrected chi connectivity index (χ1v) is 5.11. The zero-order valence-electron chi connectivity index (χ0n) is 9.42. The van der Waals surface area contributed by atoms with Gasteiger partial charge in [-0.2, -0.15) is 0 Å². The fourth-order valence-electron chi connectivity index (χ4n) is 2.08. The lowest BCUT2D eigenvalue weighted by Gasteiger charge is -2.35. The average molecular weight is 183 g/mol. The van der Waals surface area contributed by atoms with Crippen molar-refractivity contribution in [2.75, 3.05) is 7.05 Å². The summed E-state index contributed by atoms with van der Waals surface area (Å²) in [5.41, 5.74) is 0.0290. The molecule has 0 saturated carbocycles. The van der Waals surface area contributed by atoms with Gasteiger partial charge in [-0.15, -0.1) is 0 Å². The molecule has 0 bridgehead atoms. The summed E-state index contributed by atoms with van der Waals surface area (Å²) in [5, 5.41) is 0. The van der Waals surface area contributed by atoms with Crippen molar-refractivity contribution < 1.29 is 4.79 Å². The fourth-order valence-corrected chi connectivity index (χ4v) is 2.08. The van der Waals surface area contributed by atoms with Gasteiger partial charge in [-0.1, -0.05) is 13.8 Å². The van der Waals surface area contributed by atoms with E-state index in [1.165, 1.54) is 0 Å². The predicted molar refractivity (Wildman–Crippen MR) is 54.4 cm³/mol. The minimum atomic E-state index is 0.0290. The van der Waals surface area contributed by atoms with Crippen LogP contribution in [0.25, 0.3) is 0 Å². The number of amides is 1. The third-order valence-electron chi connectivity index (χ3n) is 3.57. The molecule has 2 heteroatoms. The Hall–Kier alpha value is -0.530. The normalized spacial score (nSPS) is 34.5. The van der Waals surface area contributed by atoms with Crippen LogP contribution in [0.1, 0.15) is 40.5 Å². The van der Waals surface area contributed by atoms with E-state index in [1.54, 1.807) is 0 Å². The standard InChI is InChI=1S/C11H21NO/c1-8-6-10(13)12(5)11(3,4)7-9(8)2/h8-9H,6-7H2,1-5H3. The molecule has 0 N–H and O–H groups in total. The van der Waals surface area contributed by atoms with Gasteiger partial charge in [-0.05, 0) is 32.1 Å². The Labute approximate surface area is 81.3 Å². The van der Waals surface area contributed by atoms with Crippen molar-refractivity contribution in [2.24, 2.45) is 11.8 Å². The van der Waals surface area contributed by atoms with Crippen LogP contribution in [0.3, 0.4) is 0 Å². The summed E-state index contributed by atoms with van der Waals surface area (Å²) in [5.74, 6) is 1.46. The minimum Gasteiger partial charge on any atom is -0.341 e. The number of carbonyl (C=O) groups excluding carboxylic acids is 1. The highest BCUT2D eigenvalue weighted by atomic mass is 16.2. The molecule has 1 heterocycles. The van der Waals surface area contributed by atoms with Crippen molar-refractivity contribution in [1.29, 1.82) is 0 Å². The summed E-state index contributed by atoms with van der Waals surface area (Å²) in [6.07, 6.45) is 1.82. The van der Waals surface area contributed by atoms with E-state index in [9.17, 15) is 4.79 Å². The molecule has 1 aliphatic rings.